The van der Waals surface area contributed by atoms with E-state index in [9.17, 15) is 31.0 Å². The van der Waals surface area contributed by atoms with Crippen LogP contribution in [-0.4, -0.2) is 216 Å². The molecule has 0 saturated carbocycles. The Morgan fingerprint density at radius 2 is 0.755 bits per heavy atom. The Bertz CT molecular complexity index is 817. The van der Waals surface area contributed by atoms with Crippen LogP contribution in [0.1, 0.15) is 38.5 Å². The maximum atomic E-state index is 12.0. The fourth-order valence-corrected chi connectivity index (χ4v) is 15.3. The second-order valence-corrected chi connectivity index (χ2v) is 27.3. The highest BCUT2D eigenvalue weighted by atomic mass is 28.4. The molecule has 53 heavy (non-hydrogen) atoms. The van der Waals surface area contributed by atoms with E-state index in [1.807, 2.05) is 0 Å². The largest absolute Gasteiger partial charge is 0.633 e. The van der Waals surface area contributed by atoms with Crippen LogP contribution in [0, 0.1) is 20.8 Å². The molecule has 0 aliphatic heterocycles. The van der Waals surface area contributed by atoms with Gasteiger partial charge >= 0.3 is 0 Å². The molecule has 15 nitrogen and oxygen atoms in total. The molecule has 17 heteroatoms. The smallest absolute Gasteiger partial charge is 0.173 e. The van der Waals surface area contributed by atoms with Gasteiger partial charge in [-0.15, -0.1) is 0 Å². The summed E-state index contributed by atoms with van der Waals surface area (Å²) in [5, 5.41) is 69.3. The first kappa shape index (κ1) is 52.8. The van der Waals surface area contributed by atoms with Gasteiger partial charge in [-0.3, -0.25) is 0 Å². The van der Waals surface area contributed by atoms with Crippen molar-refractivity contribution in [2.45, 2.75) is 89.0 Å². The van der Waals surface area contributed by atoms with E-state index in [4.69, 9.17) is 13.6 Å². The van der Waals surface area contributed by atoms with Gasteiger partial charge in [0.2, 0.25) is 0 Å². The van der Waals surface area contributed by atoms with Crippen molar-refractivity contribution in [3.05, 3.63) is 20.8 Å². The molecule has 0 saturated heterocycles. The number of nitrogens with zero attached hydrogens (tertiary/aromatic N) is 6. The molecule has 0 heterocycles. The van der Waals surface area contributed by atoms with Crippen LogP contribution in [0.2, 0.25) is 38.3 Å². The first-order valence-electron chi connectivity index (χ1n) is 19.9. The number of hydrogen-bond donors (Lipinski definition) is 2. The van der Waals surface area contributed by atoms with Gasteiger partial charge in [0.25, 0.3) is 0 Å². The van der Waals surface area contributed by atoms with Crippen LogP contribution < -0.4 is 0 Å². The van der Waals surface area contributed by atoms with Gasteiger partial charge in [0, 0.05) is 78.2 Å². The summed E-state index contributed by atoms with van der Waals surface area (Å²) < 4.78 is 17.2. The molecule has 2 N–H and O–H groups in total. The average Bonchev–Trinajstić information content (AvgIpc) is 2.93. The molecular weight excluding hydrogens is 717 g/mol. The zero-order chi connectivity index (χ0) is 41.0. The number of quaternary nitrogens is 4. The number of hydrogen-bond acceptors (Lipinski definition) is 11. The third-order valence-electron chi connectivity index (χ3n) is 8.93. The minimum Gasteiger partial charge on any atom is -0.633 e. The van der Waals surface area contributed by atoms with Crippen molar-refractivity contribution in [3.8, 4) is 0 Å². The van der Waals surface area contributed by atoms with Crippen LogP contribution in [-0.2, 0) is 13.6 Å². The molecule has 0 aliphatic carbocycles. The molecule has 0 fully saturated rings. The van der Waals surface area contributed by atoms with Crippen LogP contribution in [0.3, 0.4) is 0 Å². The van der Waals surface area contributed by atoms with E-state index in [-0.39, 0.29) is 31.8 Å². The van der Waals surface area contributed by atoms with E-state index in [0.717, 1.165) is 50.6 Å². The third-order valence-corrected chi connectivity index (χ3v) is 16.5. The molecule has 320 valence electrons. The van der Waals surface area contributed by atoms with Crippen molar-refractivity contribution in [1.29, 1.82) is 0 Å². The summed E-state index contributed by atoms with van der Waals surface area (Å²) in [7, 11) is 9.21. The van der Waals surface area contributed by atoms with E-state index in [1.165, 1.54) is 0 Å². The van der Waals surface area contributed by atoms with Gasteiger partial charge in [-0.25, -0.2) is 0 Å². The molecule has 0 bridgehead atoms. The quantitative estimate of drug-likeness (QED) is 0.0424. The molecule has 0 rings (SSSR count). The summed E-state index contributed by atoms with van der Waals surface area (Å²) in [4.78, 5) is 4.27. The summed E-state index contributed by atoms with van der Waals surface area (Å²) in [6.07, 6.45) is 3.35. The highest BCUT2D eigenvalue weighted by molar-refractivity contribution is 6.84. The van der Waals surface area contributed by atoms with Crippen LogP contribution in [0.25, 0.3) is 0 Å². The first-order valence-corrected chi connectivity index (χ1v) is 26.1. The van der Waals surface area contributed by atoms with Crippen molar-refractivity contribution in [1.82, 2.24) is 9.80 Å². The predicted molar refractivity (Wildman–Crippen MR) is 221 cm³/mol. The van der Waals surface area contributed by atoms with Gasteiger partial charge in [0.15, 0.2) is 16.6 Å². The van der Waals surface area contributed by atoms with E-state index >= 15 is 0 Å². The number of rotatable bonds is 34. The van der Waals surface area contributed by atoms with E-state index in [1.54, 1.807) is 56.4 Å². The zero-order valence-electron chi connectivity index (χ0n) is 36.1. The lowest BCUT2D eigenvalue weighted by atomic mass is 10.2. The van der Waals surface area contributed by atoms with Crippen molar-refractivity contribution < 1.29 is 42.4 Å². The van der Waals surface area contributed by atoms with Crippen LogP contribution in [0.5, 0.6) is 0 Å². The Hall–Kier alpha value is -0.166. The molecule has 0 radical (unpaired) electrons. The molecule has 0 aliphatic rings. The number of hydroxylamine groups is 12. The Labute approximate surface area is 326 Å². The van der Waals surface area contributed by atoms with Crippen molar-refractivity contribution in [2.75, 3.05) is 148 Å². The lowest BCUT2D eigenvalue weighted by Crippen LogP contribution is -2.44. The summed E-state index contributed by atoms with van der Waals surface area (Å²) in [6.45, 7) is 16.3. The minimum absolute atomic E-state index is 0.247. The van der Waals surface area contributed by atoms with Crippen molar-refractivity contribution in [2.24, 2.45) is 0 Å². The summed E-state index contributed by atoms with van der Waals surface area (Å²) in [5.41, 5.74) is 0. The predicted octanol–water partition coefficient (Wildman–Crippen LogP) is 3.41. The Balaban J connectivity index is 4.52. The van der Waals surface area contributed by atoms with Crippen LogP contribution >= 0.6 is 0 Å². The number of aliphatic hydroxyl groups is 2. The van der Waals surface area contributed by atoms with Gasteiger partial charge < -0.3 is 73.0 Å². The number of aliphatic hydroxyl groups excluding tert-OH is 2. The maximum Gasteiger partial charge on any atom is 0.173 e. The van der Waals surface area contributed by atoms with E-state index in [0.29, 0.717) is 78.7 Å². The molecule has 0 aromatic carbocycles. The highest BCUT2D eigenvalue weighted by Gasteiger charge is 2.32. The highest BCUT2D eigenvalue weighted by Crippen LogP contribution is 2.24. The van der Waals surface area contributed by atoms with Crippen LogP contribution in [0.4, 0.5) is 0 Å². The molecule has 2 atom stereocenters. The summed E-state index contributed by atoms with van der Waals surface area (Å²) in [5.74, 6) is 0. The Morgan fingerprint density at radius 3 is 1.00 bits per heavy atom. The second kappa shape index (κ2) is 25.2. The summed E-state index contributed by atoms with van der Waals surface area (Å²) >= 11 is 0. The number of ether oxygens (including phenoxy) is 2. The van der Waals surface area contributed by atoms with Gasteiger partial charge in [0.05, 0.1) is 108 Å². The monoisotopic (exact) mass is 801 g/mol. The standard InChI is InChI=1S/C36H84N6O9Si2/c1-39(2,45)23-13-19-37(20-14-24-40(3,4)46)31-35(43)33-49-27-17-29-52(9,10)51-53(11,12)30-18-28-50-34-36(44)32-38(21-15-25-41(5,6)47)22-16-26-42(7,8)48/h35-36,43-44H,13-34H2,1-12H3. The lowest BCUT2D eigenvalue weighted by Gasteiger charge is -2.36. The topological polar surface area (TPSA) is 167 Å². The zero-order valence-corrected chi connectivity index (χ0v) is 38.1. The molecule has 0 aromatic heterocycles. The first-order chi connectivity index (χ1) is 24.1. The van der Waals surface area contributed by atoms with Gasteiger partial charge in [-0.2, -0.15) is 0 Å². The van der Waals surface area contributed by atoms with Crippen LogP contribution in [0.15, 0.2) is 0 Å². The fraction of sp³-hybridized carbons (Fsp3) is 1.00. The third kappa shape index (κ3) is 36.0. The maximum absolute atomic E-state index is 12.0. The molecule has 2 unspecified atom stereocenters. The van der Waals surface area contributed by atoms with E-state index < -0.39 is 28.8 Å². The second-order valence-electron chi connectivity index (χ2n) is 18.5. The lowest BCUT2D eigenvalue weighted by molar-refractivity contribution is -0.840. The minimum atomic E-state index is -1.92. The average molecular weight is 801 g/mol. The van der Waals surface area contributed by atoms with Gasteiger partial charge in [-0.1, -0.05) is 0 Å². The van der Waals surface area contributed by atoms with Crippen molar-refractivity contribution >= 4 is 16.6 Å². The Morgan fingerprint density at radius 1 is 0.491 bits per heavy atom. The fourth-order valence-electron chi connectivity index (χ4n) is 6.48. The molecule has 0 aromatic rings. The Kier molecular flexibility index (Phi) is 25.2. The van der Waals surface area contributed by atoms with Crippen molar-refractivity contribution in [3.63, 3.8) is 0 Å². The van der Waals surface area contributed by atoms with Gasteiger partial charge in [-0.05, 0) is 51.1 Å². The molecule has 0 amide bonds. The SMILES string of the molecule is C[N+](C)([O-])CCCN(CCC[N+](C)(C)[O-])CC(O)COCCC[Si](C)(C)O[Si](C)(C)CCCOCC(O)CN(CCC[N+](C)(C)[O-])CCC[N+](C)(C)[O-]. The molecular formula is C36H84N6O9Si2. The summed E-state index contributed by atoms with van der Waals surface area (Å²) in [6, 6.07) is 1.93. The van der Waals surface area contributed by atoms with Gasteiger partial charge in [0.1, 0.15) is 0 Å². The van der Waals surface area contributed by atoms with E-state index in [2.05, 4.69) is 36.0 Å². The normalized spacial score (nSPS) is 15.2. The molecule has 0 spiro atoms.